The monoisotopic (exact) mass is 366 g/mol. The Hall–Kier alpha value is -2.13. The third kappa shape index (κ3) is 4.78. The summed E-state index contributed by atoms with van der Waals surface area (Å²) < 4.78 is 5.17. The molecule has 1 aliphatic carbocycles. The Morgan fingerprint density at radius 2 is 1.78 bits per heavy atom. The van der Waals surface area contributed by atoms with Gasteiger partial charge in [-0.25, -0.2) is 4.79 Å². The van der Waals surface area contributed by atoms with E-state index in [1.165, 1.54) is 44.1 Å². The molecule has 1 aliphatic rings. The topological polar surface area (TPSA) is 46.5 Å². The Bertz CT molecular complexity index is 756. The summed E-state index contributed by atoms with van der Waals surface area (Å²) in [4.78, 5) is 11.7. The van der Waals surface area contributed by atoms with Gasteiger partial charge in [0.1, 0.15) is 0 Å². The van der Waals surface area contributed by atoms with E-state index in [4.69, 9.17) is 4.74 Å². The number of methoxy groups -OCH3 is 1. The Kier molecular flexibility index (Phi) is 6.68. The van der Waals surface area contributed by atoms with Crippen molar-refractivity contribution in [3.8, 4) is 11.1 Å². The molecule has 0 aliphatic heterocycles. The first kappa shape index (κ1) is 19.6. The molecule has 0 unspecified atom stereocenters. The number of hydrogen-bond acceptors (Lipinski definition) is 2. The van der Waals surface area contributed by atoms with Crippen LogP contribution in [0.5, 0.6) is 0 Å². The van der Waals surface area contributed by atoms with Gasteiger partial charge in [-0.15, -0.1) is 0 Å². The van der Waals surface area contributed by atoms with E-state index in [9.17, 15) is 9.90 Å². The molecule has 144 valence electrons. The van der Waals surface area contributed by atoms with Crippen LogP contribution in [-0.4, -0.2) is 18.2 Å². The summed E-state index contributed by atoms with van der Waals surface area (Å²) in [5.74, 6) is 0.550. The Morgan fingerprint density at radius 1 is 1.07 bits per heavy atom. The van der Waals surface area contributed by atoms with Gasteiger partial charge >= 0.3 is 5.97 Å². The van der Waals surface area contributed by atoms with Crippen LogP contribution in [-0.2, 0) is 11.3 Å². The normalized spacial score (nSPS) is 19.8. The molecule has 0 heterocycles. The predicted octanol–water partition coefficient (Wildman–Crippen LogP) is 6.27. The second-order valence-corrected chi connectivity index (χ2v) is 7.75. The number of carboxylic acids is 1. The van der Waals surface area contributed by atoms with Crippen LogP contribution in [0.1, 0.15) is 72.9 Å². The minimum atomic E-state index is -0.871. The first-order valence-electron chi connectivity index (χ1n) is 10.1. The zero-order valence-electron chi connectivity index (χ0n) is 16.4. The van der Waals surface area contributed by atoms with Crippen molar-refractivity contribution in [1.29, 1.82) is 0 Å². The van der Waals surface area contributed by atoms with Gasteiger partial charge in [-0.05, 0) is 65.8 Å². The Labute approximate surface area is 162 Å². The highest BCUT2D eigenvalue weighted by molar-refractivity contribution is 5.96. The number of carboxylic acid groups (broad SMARTS) is 1. The van der Waals surface area contributed by atoms with Crippen LogP contribution in [0, 0.1) is 5.92 Å². The lowest BCUT2D eigenvalue weighted by Gasteiger charge is -2.29. The van der Waals surface area contributed by atoms with Crippen LogP contribution in [0.4, 0.5) is 0 Å². The molecule has 2 aromatic rings. The average molecular weight is 367 g/mol. The smallest absolute Gasteiger partial charge is 0.336 e. The van der Waals surface area contributed by atoms with Gasteiger partial charge < -0.3 is 9.84 Å². The highest BCUT2D eigenvalue weighted by Crippen LogP contribution is 2.39. The Morgan fingerprint density at radius 3 is 2.37 bits per heavy atom. The molecular weight excluding hydrogens is 336 g/mol. The van der Waals surface area contributed by atoms with E-state index in [2.05, 4.69) is 13.0 Å². The van der Waals surface area contributed by atoms with E-state index in [1.54, 1.807) is 13.2 Å². The maximum absolute atomic E-state index is 11.7. The highest BCUT2D eigenvalue weighted by Gasteiger charge is 2.23. The third-order valence-electron chi connectivity index (χ3n) is 5.87. The molecule has 1 fully saturated rings. The van der Waals surface area contributed by atoms with E-state index >= 15 is 0 Å². The van der Waals surface area contributed by atoms with E-state index in [1.807, 2.05) is 30.3 Å². The summed E-state index contributed by atoms with van der Waals surface area (Å²) in [7, 11) is 1.68. The van der Waals surface area contributed by atoms with Crippen LogP contribution in [0.15, 0.2) is 42.5 Å². The van der Waals surface area contributed by atoms with Crippen molar-refractivity contribution in [2.75, 3.05) is 7.11 Å². The first-order valence-corrected chi connectivity index (χ1v) is 10.1. The molecule has 0 amide bonds. The van der Waals surface area contributed by atoms with Gasteiger partial charge in [-0.1, -0.05) is 56.2 Å². The van der Waals surface area contributed by atoms with Crippen LogP contribution < -0.4 is 0 Å². The lowest BCUT2D eigenvalue weighted by molar-refractivity contribution is 0.0697. The fourth-order valence-corrected chi connectivity index (χ4v) is 4.38. The molecule has 0 atom stereocenters. The summed E-state index contributed by atoms with van der Waals surface area (Å²) in [6, 6.07) is 13.9. The number of carbonyl (C=O) groups is 1. The molecule has 3 heteroatoms. The zero-order chi connectivity index (χ0) is 19.2. The molecule has 1 N–H and O–H groups in total. The van der Waals surface area contributed by atoms with Crippen molar-refractivity contribution < 1.29 is 14.6 Å². The molecule has 0 bridgehead atoms. The number of rotatable bonds is 7. The van der Waals surface area contributed by atoms with Crippen LogP contribution >= 0.6 is 0 Å². The van der Waals surface area contributed by atoms with Crippen LogP contribution in [0.2, 0.25) is 0 Å². The van der Waals surface area contributed by atoms with Crippen molar-refractivity contribution in [3.05, 3.63) is 59.2 Å². The molecular formula is C24H30O3. The standard InChI is InChI=1S/C24H30O3/c1-3-4-17-5-9-19(10-6-17)21-13-14-22(24(25)26)23(15-21)20-11-7-18(8-12-20)16-27-2/h7-8,11-15,17,19H,3-6,9-10,16H2,1-2H3,(H,25,26). The molecule has 0 aromatic heterocycles. The second-order valence-electron chi connectivity index (χ2n) is 7.75. The fourth-order valence-electron chi connectivity index (χ4n) is 4.38. The molecule has 0 radical (unpaired) electrons. The summed E-state index contributed by atoms with van der Waals surface area (Å²) >= 11 is 0. The van der Waals surface area contributed by atoms with Gasteiger partial charge in [0.15, 0.2) is 0 Å². The molecule has 0 saturated heterocycles. The molecule has 0 spiro atoms. The van der Waals surface area contributed by atoms with E-state index in [0.29, 0.717) is 18.1 Å². The first-order chi connectivity index (χ1) is 13.1. The molecule has 1 saturated carbocycles. The third-order valence-corrected chi connectivity index (χ3v) is 5.87. The van der Waals surface area contributed by atoms with Crippen molar-refractivity contribution in [2.24, 2.45) is 5.92 Å². The van der Waals surface area contributed by atoms with Crippen LogP contribution in [0.25, 0.3) is 11.1 Å². The fraction of sp³-hybridized carbons (Fsp3) is 0.458. The van der Waals surface area contributed by atoms with Crippen LogP contribution in [0.3, 0.4) is 0 Å². The molecule has 3 rings (SSSR count). The van der Waals surface area contributed by atoms with Gasteiger partial charge in [0.25, 0.3) is 0 Å². The maximum atomic E-state index is 11.7. The molecule has 2 aromatic carbocycles. The highest BCUT2D eigenvalue weighted by atomic mass is 16.5. The number of hydrogen-bond donors (Lipinski definition) is 1. The SMILES string of the molecule is CCCC1CCC(c2ccc(C(=O)O)c(-c3ccc(COC)cc3)c2)CC1. The largest absolute Gasteiger partial charge is 0.478 e. The van der Waals surface area contributed by atoms with Gasteiger partial charge in [0, 0.05) is 7.11 Å². The summed E-state index contributed by atoms with van der Waals surface area (Å²) in [5.41, 5.74) is 4.51. The second kappa shape index (κ2) is 9.18. The minimum Gasteiger partial charge on any atom is -0.478 e. The number of benzene rings is 2. The summed E-state index contributed by atoms with van der Waals surface area (Å²) in [5, 5.41) is 9.64. The zero-order valence-corrected chi connectivity index (χ0v) is 16.4. The van der Waals surface area contributed by atoms with E-state index in [0.717, 1.165) is 22.6 Å². The maximum Gasteiger partial charge on any atom is 0.336 e. The van der Waals surface area contributed by atoms with E-state index < -0.39 is 5.97 Å². The van der Waals surface area contributed by atoms with Gasteiger partial charge in [0.2, 0.25) is 0 Å². The van der Waals surface area contributed by atoms with Crippen molar-refractivity contribution in [3.63, 3.8) is 0 Å². The lowest BCUT2D eigenvalue weighted by atomic mass is 9.76. The van der Waals surface area contributed by atoms with E-state index in [-0.39, 0.29) is 0 Å². The summed E-state index contributed by atoms with van der Waals surface area (Å²) in [6.07, 6.45) is 7.61. The lowest BCUT2D eigenvalue weighted by Crippen LogP contribution is -2.13. The van der Waals surface area contributed by atoms with Gasteiger partial charge in [-0.2, -0.15) is 0 Å². The average Bonchev–Trinajstić information content (AvgIpc) is 2.69. The Balaban J connectivity index is 1.86. The van der Waals surface area contributed by atoms with Crippen molar-refractivity contribution >= 4 is 5.97 Å². The van der Waals surface area contributed by atoms with Gasteiger partial charge in [-0.3, -0.25) is 0 Å². The summed E-state index contributed by atoms with van der Waals surface area (Å²) in [6.45, 7) is 2.83. The molecule has 27 heavy (non-hydrogen) atoms. The molecule has 3 nitrogen and oxygen atoms in total. The number of aromatic carboxylic acids is 1. The minimum absolute atomic E-state index is 0.373. The van der Waals surface area contributed by atoms with Crippen molar-refractivity contribution in [2.45, 2.75) is 58.0 Å². The van der Waals surface area contributed by atoms with Gasteiger partial charge in [0.05, 0.1) is 12.2 Å². The quantitative estimate of drug-likeness (QED) is 0.628. The number of ether oxygens (including phenoxy) is 1. The predicted molar refractivity (Wildman–Crippen MR) is 109 cm³/mol. The van der Waals surface area contributed by atoms with Crippen molar-refractivity contribution in [1.82, 2.24) is 0 Å².